The Morgan fingerprint density at radius 1 is 1.40 bits per heavy atom. The van der Waals surface area contributed by atoms with Crippen molar-refractivity contribution < 1.29 is 5.11 Å². The van der Waals surface area contributed by atoms with Crippen molar-refractivity contribution in [1.82, 2.24) is 4.90 Å². The summed E-state index contributed by atoms with van der Waals surface area (Å²) >= 11 is 0. The highest BCUT2D eigenvalue weighted by molar-refractivity contribution is 5.19. The molecule has 0 aliphatic carbocycles. The molecule has 0 fully saturated rings. The van der Waals surface area contributed by atoms with Gasteiger partial charge in [0, 0.05) is 12.6 Å². The lowest BCUT2D eigenvalue weighted by Gasteiger charge is -2.25. The van der Waals surface area contributed by atoms with E-state index in [0.29, 0.717) is 13.0 Å². The standard InChI is InChI=1S/C12H16N2O/c1-14(9-8-13)12(7-10-15)11-5-3-2-4-6-11/h2-6,12,15H,7,9-10H2,1H3/t12-/m0/s1. The molecule has 0 heterocycles. The quantitative estimate of drug-likeness (QED) is 0.740. The van der Waals surface area contributed by atoms with E-state index in [1.165, 1.54) is 0 Å². The Balaban J connectivity index is 2.79. The summed E-state index contributed by atoms with van der Waals surface area (Å²) < 4.78 is 0. The molecule has 0 unspecified atom stereocenters. The number of hydrogen-bond acceptors (Lipinski definition) is 3. The summed E-state index contributed by atoms with van der Waals surface area (Å²) in [6, 6.07) is 12.2. The van der Waals surface area contributed by atoms with E-state index in [1.807, 2.05) is 42.3 Å². The minimum atomic E-state index is 0.121. The SMILES string of the molecule is CN(CC#N)[C@@H](CCO)c1ccccc1. The predicted molar refractivity (Wildman–Crippen MR) is 59.1 cm³/mol. The molecule has 0 amide bonds. The Kier molecular flexibility index (Phi) is 4.82. The zero-order chi connectivity index (χ0) is 11.1. The molecule has 1 rings (SSSR count). The Morgan fingerprint density at radius 3 is 2.60 bits per heavy atom. The molecule has 0 radical (unpaired) electrons. The minimum absolute atomic E-state index is 0.121. The summed E-state index contributed by atoms with van der Waals surface area (Å²) in [7, 11) is 1.90. The van der Waals surface area contributed by atoms with Gasteiger partial charge >= 0.3 is 0 Å². The zero-order valence-electron chi connectivity index (χ0n) is 8.93. The first-order valence-corrected chi connectivity index (χ1v) is 5.02. The summed E-state index contributed by atoms with van der Waals surface area (Å²) in [5, 5.41) is 17.7. The van der Waals surface area contributed by atoms with Crippen molar-refractivity contribution >= 4 is 0 Å². The van der Waals surface area contributed by atoms with Crippen molar-refractivity contribution in [3.63, 3.8) is 0 Å². The Labute approximate surface area is 90.6 Å². The normalized spacial score (nSPS) is 12.4. The van der Waals surface area contributed by atoms with Gasteiger partial charge in [-0.15, -0.1) is 0 Å². The predicted octanol–water partition coefficient (Wildman–Crippen LogP) is 1.57. The van der Waals surface area contributed by atoms with Gasteiger partial charge in [0.2, 0.25) is 0 Å². The molecule has 0 bridgehead atoms. The number of nitriles is 1. The number of aliphatic hydroxyl groups excluding tert-OH is 1. The summed E-state index contributed by atoms with van der Waals surface area (Å²) in [4.78, 5) is 1.95. The van der Waals surface area contributed by atoms with Gasteiger partial charge in [-0.2, -0.15) is 5.26 Å². The fourth-order valence-corrected chi connectivity index (χ4v) is 1.66. The summed E-state index contributed by atoms with van der Waals surface area (Å²) in [5.41, 5.74) is 1.14. The molecule has 1 aromatic rings. The second-order valence-electron chi connectivity index (χ2n) is 3.51. The lowest BCUT2D eigenvalue weighted by Crippen LogP contribution is -2.25. The molecule has 0 spiro atoms. The average Bonchev–Trinajstić information content (AvgIpc) is 2.27. The van der Waals surface area contributed by atoms with Gasteiger partial charge in [0.1, 0.15) is 0 Å². The second kappa shape index (κ2) is 6.18. The van der Waals surface area contributed by atoms with Crippen LogP contribution < -0.4 is 0 Å². The van der Waals surface area contributed by atoms with Crippen LogP contribution >= 0.6 is 0 Å². The third-order valence-electron chi connectivity index (χ3n) is 2.44. The van der Waals surface area contributed by atoms with Crippen molar-refractivity contribution in [1.29, 1.82) is 5.26 Å². The number of nitrogens with zero attached hydrogens (tertiary/aromatic N) is 2. The Bertz CT molecular complexity index is 318. The molecule has 0 aliphatic rings. The monoisotopic (exact) mass is 204 g/mol. The molecule has 0 aliphatic heterocycles. The maximum atomic E-state index is 9.01. The van der Waals surface area contributed by atoms with Crippen LogP contribution in [0.2, 0.25) is 0 Å². The fourth-order valence-electron chi connectivity index (χ4n) is 1.66. The van der Waals surface area contributed by atoms with E-state index < -0.39 is 0 Å². The molecule has 15 heavy (non-hydrogen) atoms. The molecular formula is C12H16N2O. The van der Waals surface area contributed by atoms with Gasteiger partial charge in [0.15, 0.2) is 0 Å². The molecular weight excluding hydrogens is 188 g/mol. The number of rotatable bonds is 5. The van der Waals surface area contributed by atoms with Crippen LogP contribution in [0.25, 0.3) is 0 Å². The van der Waals surface area contributed by atoms with Gasteiger partial charge in [-0.3, -0.25) is 4.90 Å². The van der Waals surface area contributed by atoms with E-state index in [4.69, 9.17) is 10.4 Å². The van der Waals surface area contributed by atoms with Gasteiger partial charge in [-0.1, -0.05) is 30.3 Å². The first kappa shape index (κ1) is 11.7. The molecule has 3 nitrogen and oxygen atoms in total. The third-order valence-corrected chi connectivity index (χ3v) is 2.44. The van der Waals surface area contributed by atoms with Gasteiger partial charge in [0.05, 0.1) is 12.6 Å². The summed E-state index contributed by atoms with van der Waals surface area (Å²) in [6.45, 7) is 0.509. The lowest BCUT2D eigenvalue weighted by atomic mass is 10.0. The largest absolute Gasteiger partial charge is 0.396 e. The van der Waals surface area contributed by atoms with Crippen molar-refractivity contribution in [2.75, 3.05) is 20.2 Å². The lowest BCUT2D eigenvalue weighted by molar-refractivity contribution is 0.199. The summed E-state index contributed by atoms with van der Waals surface area (Å²) in [6.07, 6.45) is 0.655. The minimum Gasteiger partial charge on any atom is -0.396 e. The second-order valence-corrected chi connectivity index (χ2v) is 3.51. The van der Waals surface area contributed by atoms with Crippen LogP contribution in [0.15, 0.2) is 30.3 Å². The highest BCUT2D eigenvalue weighted by atomic mass is 16.3. The molecule has 80 valence electrons. The smallest absolute Gasteiger partial charge is 0.0868 e. The Morgan fingerprint density at radius 2 is 2.07 bits per heavy atom. The number of aliphatic hydroxyl groups is 1. The van der Waals surface area contributed by atoms with Crippen LogP contribution in [0, 0.1) is 11.3 Å². The maximum Gasteiger partial charge on any atom is 0.0868 e. The number of hydrogen-bond donors (Lipinski definition) is 1. The van der Waals surface area contributed by atoms with Crippen LogP contribution in [0.3, 0.4) is 0 Å². The van der Waals surface area contributed by atoms with Gasteiger partial charge in [-0.05, 0) is 19.0 Å². The van der Waals surface area contributed by atoms with Crippen molar-refractivity contribution in [2.45, 2.75) is 12.5 Å². The van der Waals surface area contributed by atoms with Gasteiger partial charge < -0.3 is 5.11 Å². The first-order chi connectivity index (χ1) is 7.29. The van der Waals surface area contributed by atoms with Crippen LogP contribution in [0.5, 0.6) is 0 Å². The average molecular weight is 204 g/mol. The van der Waals surface area contributed by atoms with Crippen LogP contribution in [-0.4, -0.2) is 30.2 Å². The van der Waals surface area contributed by atoms with Crippen molar-refractivity contribution in [3.8, 4) is 6.07 Å². The molecule has 1 atom stereocenters. The van der Waals surface area contributed by atoms with E-state index in [-0.39, 0.29) is 12.6 Å². The van der Waals surface area contributed by atoms with Gasteiger partial charge in [0.25, 0.3) is 0 Å². The topological polar surface area (TPSA) is 47.3 Å². The van der Waals surface area contributed by atoms with Crippen LogP contribution in [0.4, 0.5) is 0 Å². The molecule has 0 aromatic heterocycles. The molecule has 1 aromatic carbocycles. The Hall–Kier alpha value is -1.37. The number of benzene rings is 1. The van der Waals surface area contributed by atoms with Crippen LogP contribution in [-0.2, 0) is 0 Å². The van der Waals surface area contributed by atoms with E-state index in [0.717, 1.165) is 5.56 Å². The summed E-state index contributed by atoms with van der Waals surface area (Å²) in [5.74, 6) is 0. The van der Waals surface area contributed by atoms with Crippen LogP contribution in [0.1, 0.15) is 18.0 Å². The van der Waals surface area contributed by atoms with Gasteiger partial charge in [-0.25, -0.2) is 0 Å². The third kappa shape index (κ3) is 3.35. The van der Waals surface area contributed by atoms with E-state index in [9.17, 15) is 0 Å². The first-order valence-electron chi connectivity index (χ1n) is 5.02. The van der Waals surface area contributed by atoms with E-state index >= 15 is 0 Å². The fraction of sp³-hybridized carbons (Fsp3) is 0.417. The molecule has 0 saturated carbocycles. The molecule has 3 heteroatoms. The van der Waals surface area contributed by atoms with Crippen molar-refractivity contribution in [2.24, 2.45) is 0 Å². The molecule has 0 saturated heterocycles. The highest BCUT2D eigenvalue weighted by Crippen LogP contribution is 2.21. The highest BCUT2D eigenvalue weighted by Gasteiger charge is 2.15. The van der Waals surface area contributed by atoms with E-state index in [1.54, 1.807) is 0 Å². The van der Waals surface area contributed by atoms with E-state index in [2.05, 4.69) is 6.07 Å². The van der Waals surface area contributed by atoms with Crippen molar-refractivity contribution in [3.05, 3.63) is 35.9 Å². The maximum absolute atomic E-state index is 9.01. The zero-order valence-corrected chi connectivity index (χ0v) is 8.93. The molecule has 1 N–H and O–H groups in total.